The minimum absolute atomic E-state index is 0.559. The highest BCUT2D eigenvalue weighted by molar-refractivity contribution is 6.82. The normalized spacial score (nSPS) is 20.7. The average molecular weight is 1030 g/mol. The standard InChI is InChI=1S/C79H26N2Si/c1-81(2)18-13-11-17(12-14-18)78-71-63-54-47-34-27-21-22-24-20-19-23(21)32(34)38-36-25(19)29-26(20)37-39-33(24)35-28(22)31-30(27)41-49-42(31)51-48(35)55-53(39)57-44(37)46-40(29)45-43(36)56(52(38)54)67(71)69-58(45)59(46)70-68(57)72-64(55)61(51)66-62(49)65(60(63)50(41)47)73(78)75(66)79(72,76(70)74(69)78)77(80-15-82(3,4)5)16-9-7-6-8-10-16/h6-14H,15H2,1-5H3/b80-77+. The van der Waals surface area contributed by atoms with E-state index < -0.39 is 18.9 Å². The van der Waals surface area contributed by atoms with E-state index in [1.54, 1.807) is 313 Å². The molecule has 82 heavy (non-hydrogen) atoms. The van der Waals surface area contributed by atoms with Crippen molar-refractivity contribution in [1.29, 1.82) is 0 Å². The van der Waals surface area contributed by atoms with Gasteiger partial charge >= 0.3 is 0 Å². The Hall–Kier alpha value is -9.41. The Morgan fingerprint density at radius 3 is 0.902 bits per heavy atom. The first kappa shape index (κ1) is 34.0. The molecule has 0 fully saturated rings. The van der Waals surface area contributed by atoms with E-state index in [-0.39, 0.29) is 0 Å². The second-order valence-corrected chi connectivity index (χ2v) is 35.7. The minimum atomic E-state index is -1.79. The van der Waals surface area contributed by atoms with Crippen LogP contribution in [0.5, 0.6) is 0 Å². The van der Waals surface area contributed by atoms with Crippen molar-refractivity contribution < 1.29 is 0 Å². The smallest absolute Gasteiger partial charge is 0.0907 e. The van der Waals surface area contributed by atoms with Crippen LogP contribution in [0, 0.1) is 0 Å². The summed E-state index contributed by atoms with van der Waals surface area (Å²) in [6.45, 7) is 7.69. The van der Waals surface area contributed by atoms with Gasteiger partial charge in [0.2, 0.25) is 0 Å². The fourth-order valence-corrected chi connectivity index (χ4v) is 27.0. The topological polar surface area (TPSA) is 15.6 Å². The zero-order chi connectivity index (χ0) is 50.7. The summed E-state index contributed by atoms with van der Waals surface area (Å²) in [5.41, 5.74) is 14.0. The minimum Gasteiger partial charge on any atom is -0.378 e. The van der Waals surface area contributed by atoms with E-state index in [1.165, 1.54) is 22.5 Å². The number of nitrogens with zero attached hydrogens (tertiary/aromatic N) is 2. The monoisotopic (exact) mass is 1030 g/mol. The SMILES string of the molecule is CN(C)c1ccc(C23c4c5c6c7c8c9c%10c%11c(c2c2c%12c3c3c%13c4c6c4c6c7c7c8c8c%10c%10c%14c%11c2c2c%11c%12c%12c3c3c%13c4c4c6c6c7c7c8c%10c8c(c%142)c2c%11c%12c%10c3c4c3c%10c2c8c7c63)C59/C(=N/C[Si](C)(C)C)c2ccccc2)cc1. The van der Waals surface area contributed by atoms with Crippen LogP contribution in [-0.4, -0.2) is 34.0 Å². The molecule has 5 aliphatic carbocycles. The second kappa shape index (κ2) is 8.20. The third-order valence-corrected chi connectivity index (χ3v) is 28.3. The number of hydrogen-bond donors (Lipinski definition) is 0. The van der Waals surface area contributed by atoms with Crippen molar-refractivity contribution in [3.05, 3.63) is 99.1 Å². The van der Waals surface area contributed by atoms with Crippen molar-refractivity contribution in [2.45, 2.75) is 30.5 Å². The first-order valence-corrected chi connectivity index (χ1v) is 34.2. The highest BCUT2D eigenvalue weighted by atomic mass is 28.3. The van der Waals surface area contributed by atoms with Gasteiger partial charge in [-0.25, -0.2) is 0 Å². The van der Waals surface area contributed by atoms with Gasteiger partial charge in [0.05, 0.1) is 24.6 Å². The van der Waals surface area contributed by atoms with Gasteiger partial charge in [0, 0.05) is 26.0 Å². The highest BCUT2D eigenvalue weighted by Gasteiger charge is 2.68. The lowest BCUT2D eigenvalue weighted by atomic mass is 9.50. The molecular weight excluding hydrogens is 1000 g/mol. The van der Waals surface area contributed by atoms with Gasteiger partial charge in [-0.05, 0) is 337 Å². The number of anilines is 1. The molecule has 0 bridgehead atoms. The first-order valence-electron chi connectivity index (χ1n) is 30.5. The van der Waals surface area contributed by atoms with Crippen LogP contribution in [-0.2, 0) is 10.8 Å². The highest BCUT2D eigenvalue weighted by Crippen LogP contribution is 2.85. The molecule has 2 unspecified atom stereocenters. The summed E-state index contributed by atoms with van der Waals surface area (Å²) >= 11 is 0. The van der Waals surface area contributed by atoms with Crippen LogP contribution in [0.1, 0.15) is 44.5 Å². The molecule has 29 aromatic carbocycles. The summed E-state index contributed by atoms with van der Waals surface area (Å²) in [6, 6.07) is 22.2. The van der Waals surface area contributed by atoms with Gasteiger partial charge < -0.3 is 4.90 Å². The summed E-state index contributed by atoms with van der Waals surface area (Å²) in [6.07, 6.45) is 0.887. The third-order valence-electron chi connectivity index (χ3n) is 27.2. The molecule has 0 radical (unpaired) electrons. The molecular formula is C79H26N2Si. The van der Waals surface area contributed by atoms with E-state index in [4.69, 9.17) is 4.99 Å². The van der Waals surface area contributed by atoms with Crippen molar-refractivity contribution in [3.63, 3.8) is 0 Å². The maximum atomic E-state index is 6.52. The molecule has 0 spiro atoms. The van der Waals surface area contributed by atoms with Gasteiger partial charge in [-0.15, -0.1) is 0 Å². The molecule has 0 N–H and O–H groups in total. The Morgan fingerprint density at radius 2 is 0.561 bits per heavy atom. The Bertz CT molecular complexity index is 8100. The van der Waals surface area contributed by atoms with E-state index >= 15 is 0 Å². The van der Waals surface area contributed by atoms with Crippen LogP contribution in [0.3, 0.4) is 0 Å². The first-order chi connectivity index (χ1) is 40.3. The lowest BCUT2D eigenvalue weighted by molar-refractivity contribution is 0.691. The molecule has 0 amide bonds. The largest absolute Gasteiger partial charge is 0.378 e. The molecule has 0 heterocycles. The lowest BCUT2D eigenvalue weighted by Crippen LogP contribution is -2.48. The van der Waals surface area contributed by atoms with Gasteiger partial charge in [0.25, 0.3) is 0 Å². The summed E-state index contributed by atoms with van der Waals surface area (Å²) in [5.74, 6) is 0. The van der Waals surface area contributed by atoms with Crippen molar-refractivity contribution in [3.8, 4) is 0 Å². The van der Waals surface area contributed by atoms with Gasteiger partial charge in [-0.1, -0.05) is 62.1 Å². The van der Waals surface area contributed by atoms with E-state index in [0.29, 0.717) is 0 Å². The van der Waals surface area contributed by atoms with Gasteiger partial charge in [0.1, 0.15) is 0 Å². The van der Waals surface area contributed by atoms with E-state index in [9.17, 15) is 0 Å². The summed E-state index contributed by atoms with van der Waals surface area (Å²) in [7, 11) is 2.67. The van der Waals surface area contributed by atoms with Gasteiger partial charge in [0.15, 0.2) is 0 Å². The summed E-state index contributed by atoms with van der Waals surface area (Å²) in [4.78, 5) is 8.84. The van der Waals surface area contributed by atoms with Gasteiger partial charge in [-0.3, -0.25) is 4.99 Å². The Morgan fingerprint density at radius 1 is 0.305 bits per heavy atom. The molecule has 0 saturated carbocycles. The summed E-state index contributed by atoms with van der Waals surface area (Å²) < 4.78 is 0. The molecule has 3 heteroatoms. The molecule has 2 atom stereocenters. The molecule has 29 aromatic rings. The van der Waals surface area contributed by atoms with Crippen molar-refractivity contribution in [2.75, 3.05) is 25.2 Å². The maximum Gasteiger partial charge on any atom is 0.0907 e. The number of rotatable bonds is 6. The molecule has 34 rings (SSSR count). The Labute approximate surface area is 456 Å². The van der Waals surface area contributed by atoms with Crippen LogP contribution in [0.4, 0.5) is 5.69 Å². The van der Waals surface area contributed by atoms with Crippen LogP contribution in [0.2, 0.25) is 19.6 Å². The van der Waals surface area contributed by atoms with Crippen LogP contribution in [0.25, 0.3) is 280 Å². The average Bonchev–Trinajstić information content (AvgIpc) is 1.39. The zero-order valence-corrected chi connectivity index (χ0v) is 45.3. The fraction of sp³-hybridized carbons (Fsp3) is 0.101. The quantitative estimate of drug-likeness (QED) is 0.0921. The van der Waals surface area contributed by atoms with Gasteiger partial charge in [-0.2, -0.15) is 0 Å². The molecule has 356 valence electrons. The second-order valence-electron chi connectivity index (χ2n) is 30.3. The van der Waals surface area contributed by atoms with Crippen molar-refractivity contribution in [1.82, 2.24) is 0 Å². The molecule has 2 nitrogen and oxygen atoms in total. The fourth-order valence-electron chi connectivity index (χ4n) is 26.4. The van der Waals surface area contributed by atoms with E-state index in [2.05, 4.69) is 93.2 Å². The van der Waals surface area contributed by atoms with E-state index in [0.717, 1.165) is 6.17 Å². The predicted molar refractivity (Wildman–Crippen MR) is 353 cm³/mol. The van der Waals surface area contributed by atoms with Crippen LogP contribution >= 0.6 is 0 Å². The maximum absolute atomic E-state index is 6.52. The summed E-state index contributed by atoms with van der Waals surface area (Å²) in [5, 5.41) is 84.7. The zero-order valence-electron chi connectivity index (χ0n) is 44.3. The third kappa shape index (κ3) is 2.07. The number of aliphatic imine (C=N–C) groups is 1. The Kier molecular flexibility index (Phi) is 3.40. The lowest BCUT2D eigenvalue weighted by Gasteiger charge is -2.50. The number of benzene rings is 19. The van der Waals surface area contributed by atoms with Crippen LogP contribution in [0.15, 0.2) is 59.6 Å². The van der Waals surface area contributed by atoms with Crippen molar-refractivity contribution >= 4 is 300 Å². The molecule has 0 aromatic heterocycles. The van der Waals surface area contributed by atoms with Crippen molar-refractivity contribution in [2.24, 2.45) is 4.99 Å². The molecule has 5 aliphatic rings. The van der Waals surface area contributed by atoms with Crippen LogP contribution < -0.4 is 4.90 Å². The molecule has 0 aliphatic heterocycles. The predicted octanol–water partition coefficient (Wildman–Crippen LogP) is 20.5. The number of hydrogen-bond acceptors (Lipinski definition) is 2. The molecule has 0 saturated heterocycles. The van der Waals surface area contributed by atoms with E-state index in [1.807, 2.05) is 0 Å². The Balaban J connectivity index is 1.09.